The summed E-state index contributed by atoms with van der Waals surface area (Å²) in [6, 6.07) is 0.549. The normalized spacial score (nSPS) is 11.8. The number of hydrogen-bond acceptors (Lipinski definition) is 5. The first-order chi connectivity index (χ1) is 9.23. The van der Waals surface area contributed by atoms with E-state index in [1.165, 1.54) is 0 Å². The Labute approximate surface area is 109 Å². The molecule has 0 aliphatic heterocycles. The van der Waals surface area contributed by atoms with E-state index >= 15 is 0 Å². The summed E-state index contributed by atoms with van der Waals surface area (Å²) in [4.78, 5) is 30.9. The second-order valence-electron chi connectivity index (χ2n) is 3.60. The maximum absolute atomic E-state index is 13.4. The summed E-state index contributed by atoms with van der Waals surface area (Å²) in [6.45, 7) is -0.730. The van der Waals surface area contributed by atoms with E-state index in [1.54, 1.807) is 0 Å². The highest BCUT2D eigenvalue weighted by molar-refractivity contribution is 5.95. The molecule has 1 rings (SSSR count). The standard InChI is InChI=1S/C10H8F2N2O6/c11-5-2-7(14(19)20)6(12)1-4(5)9(16)13-3-8(15)10(17)18/h1-2,8,15H,3H2,(H,13,16)(H,17,18)/t8-/m0/s1. The molecule has 0 aliphatic carbocycles. The van der Waals surface area contributed by atoms with Gasteiger partial charge in [-0.1, -0.05) is 0 Å². The topological polar surface area (TPSA) is 130 Å². The van der Waals surface area contributed by atoms with Gasteiger partial charge in [-0.15, -0.1) is 0 Å². The molecule has 8 nitrogen and oxygen atoms in total. The van der Waals surface area contributed by atoms with Gasteiger partial charge >= 0.3 is 11.7 Å². The summed E-state index contributed by atoms with van der Waals surface area (Å²) < 4.78 is 26.6. The van der Waals surface area contributed by atoms with Crippen LogP contribution in [0.1, 0.15) is 10.4 Å². The average Bonchev–Trinajstić information content (AvgIpc) is 2.37. The van der Waals surface area contributed by atoms with Crippen molar-refractivity contribution in [2.75, 3.05) is 6.54 Å². The van der Waals surface area contributed by atoms with E-state index < -0.39 is 52.3 Å². The number of halogens is 2. The van der Waals surface area contributed by atoms with Crippen LogP contribution in [0, 0.1) is 21.7 Å². The predicted octanol–water partition coefficient (Wildman–Crippen LogP) is 0.0483. The number of carbonyl (C=O) groups excluding carboxylic acids is 1. The number of nitrogens with one attached hydrogen (secondary N) is 1. The highest BCUT2D eigenvalue weighted by atomic mass is 19.1. The van der Waals surface area contributed by atoms with Crippen molar-refractivity contribution in [1.82, 2.24) is 5.32 Å². The molecule has 0 unspecified atom stereocenters. The summed E-state index contributed by atoms with van der Waals surface area (Å²) in [5, 5.41) is 29.4. The van der Waals surface area contributed by atoms with E-state index in [0.29, 0.717) is 6.07 Å². The number of amides is 1. The third-order valence-electron chi connectivity index (χ3n) is 2.22. The Morgan fingerprint density at radius 2 is 1.95 bits per heavy atom. The van der Waals surface area contributed by atoms with E-state index in [1.807, 2.05) is 5.32 Å². The second-order valence-corrected chi connectivity index (χ2v) is 3.60. The summed E-state index contributed by atoms with van der Waals surface area (Å²) >= 11 is 0. The molecule has 1 aromatic rings. The van der Waals surface area contributed by atoms with Gasteiger partial charge in [0.2, 0.25) is 5.82 Å². The molecule has 3 N–H and O–H groups in total. The van der Waals surface area contributed by atoms with Gasteiger partial charge in [0.15, 0.2) is 6.10 Å². The predicted molar refractivity (Wildman–Crippen MR) is 59.0 cm³/mol. The lowest BCUT2D eigenvalue weighted by atomic mass is 10.1. The summed E-state index contributed by atoms with van der Waals surface area (Å²) in [7, 11) is 0. The van der Waals surface area contributed by atoms with Gasteiger partial charge in [0, 0.05) is 0 Å². The summed E-state index contributed by atoms with van der Waals surface area (Å²) in [5.74, 6) is -5.59. The lowest BCUT2D eigenvalue weighted by molar-refractivity contribution is -0.387. The molecule has 0 spiro atoms. The van der Waals surface area contributed by atoms with Crippen molar-refractivity contribution in [3.05, 3.63) is 39.4 Å². The average molecular weight is 290 g/mol. The number of rotatable bonds is 5. The number of aliphatic hydroxyl groups excluding tert-OH is 1. The molecule has 0 bridgehead atoms. The Kier molecular flexibility index (Phi) is 4.64. The fraction of sp³-hybridized carbons (Fsp3) is 0.200. The van der Waals surface area contributed by atoms with Crippen molar-refractivity contribution in [2.45, 2.75) is 6.10 Å². The largest absolute Gasteiger partial charge is 0.479 e. The third-order valence-corrected chi connectivity index (χ3v) is 2.22. The highest BCUT2D eigenvalue weighted by Gasteiger charge is 2.23. The minimum absolute atomic E-state index is 0.234. The number of carboxylic acid groups (broad SMARTS) is 1. The lowest BCUT2D eigenvalue weighted by Crippen LogP contribution is -2.36. The molecule has 20 heavy (non-hydrogen) atoms. The molecule has 10 heteroatoms. The molecule has 0 heterocycles. The zero-order chi connectivity index (χ0) is 15.4. The molecule has 0 saturated heterocycles. The van der Waals surface area contributed by atoms with Crippen molar-refractivity contribution in [3.63, 3.8) is 0 Å². The fourth-order valence-electron chi connectivity index (χ4n) is 1.22. The van der Waals surface area contributed by atoms with Crippen LogP contribution in [0.25, 0.3) is 0 Å². The van der Waals surface area contributed by atoms with Crippen LogP contribution in [0.2, 0.25) is 0 Å². The highest BCUT2D eigenvalue weighted by Crippen LogP contribution is 2.21. The number of nitro benzene ring substituents is 1. The van der Waals surface area contributed by atoms with Gasteiger partial charge in [-0.05, 0) is 6.07 Å². The molecule has 1 aromatic carbocycles. The Morgan fingerprint density at radius 3 is 2.45 bits per heavy atom. The minimum Gasteiger partial charge on any atom is -0.479 e. The molecule has 0 aliphatic rings. The molecule has 1 atom stereocenters. The van der Waals surface area contributed by atoms with Crippen LogP contribution in [0.3, 0.4) is 0 Å². The Morgan fingerprint density at radius 1 is 1.35 bits per heavy atom. The maximum atomic E-state index is 13.4. The first-order valence-electron chi connectivity index (χ1n) is 5.06. The first kappa shape index (κ1) is 15.4. The summed E-state index contributed by atoms with van der Waals surface area (Å²) in [5.41, 5.74) is -1.98. The van der Waals surface area contributed by atoms with Crippen LogP contribution in [0.5, 0.6) is 0 Å². The van der Waals surface area contributed by atoms with Crippen LogP contribution < -0.4 is 5.32 Å². The molecular formula is C10H8F2N2O6. The van der Waals surface area contributed by atoms with Crippen LogP contribution in [-0.4, -0.2) is 39.7 Å². The van der Waals surface area contributed by atoms with Gasteiger partial charge in [-0.2, -0.15) is 4.39 Å². The minimum atomic E-state index is -1.91. The molecule has 0 radical (unpaired) electrons. The Balaban J connectivity index is 2.92. The summed E-state index contributed by atoms with van der Waals surface area (Å²) in [6.07, 6.45) is -1.91. The van der Waals surface area contributed by atoms with E-state index in [4.69, 9.17) is 10.2 Å². The number of aliphatic hydroxyl groups is 1. The first-order valence-corrected chi connectivity index (χ1v) is 5.06. The van der Waals surface area contributed by atoms with Gasteiger partial charge in [0.25, 0.3) is 5.91 Å². The fourth-order valence-corrected chi connectivity index (χ4v) is 1.22. The second kappa shape index (κ2) is 6.02. The quantitative estimate of drug-likeness (QED) is 0.519. The number of hydrogen-bond donors (Lipinski definition) is 3. The van der Waals surface area contributed by atoms with Crippen LogP contribution in [0.4, 0.5) is 14.5 Å². The molecule has 0 fully saturated rings. The van der Waals surface area contributed by atoms with E-state index in [2.05, 4.69) is 0 Å². The maximum Gasteiger partial charge on any atom is 0.334 e. The SMILES string of the molecule is O=C(NC[C@H](O)C(=O)O)c1cc(F)c([N+](=O)[O-])cc1F. The van der Waals surface area contributed by atoms with E-state index in [-0.39, 0.29) is 6.07 Å². The zero-order valence-corrected chi connectivity index (χ0v) is 9.67. The van der Waals surface area contributed by atoms with Crippen molar-refractivity contribution in [3.8, 4) is 0 Å². The van der Waals surface area contributed by atoms with Crippen LogP contribution >= 0.6 is 0 Å². The number of carboxylic acids is 1. The number of nitrogens with zero attached hydrogens (tertiary/aromatic N) is 1. The Hall–Kier alpha value is -2.62. The van der Waals surface area contributed by atoms with Crippen molar-refractivity contribution < 1.29 is 33.5 Å². The van der Waals surface area contributed by atoms with Gasteiger partial charge in [0.05, 0.1) is 23.1 Å². The number of benzene rings is 1. The van der Waals surface area contributed by atoms with Crippen molar-refractivity contribution in [2.24, 2.45) is 0 Å². The zero-order valence-electron chi connectivity index (χ0n) is 9.67. The van der Waals surface area contributed by atoms with Crippen molar-refractivity contribution in [1.29, 1.82) is 0 Å². The lowest BCUT2D eigenvalue weighted by Gasteiger charge is -2.08. The number of aliphatic carboxylic acids is 1. The molecular weight excluding hydrogens is 282 g/mol. The molecule has 0 aromatic heterocycles. The molecule has 108 valence electrons. The van der Waals surface area contributed by atoms with Crippen LogP contribution in [-0.2, 0) is 4.79 Å². The third kappa shape index (κ3) is 3.45. The van der Waals surface area contributed by atoms with Gasteiger partial charge < -0.3 is 15.5 Å². The van der Waals surface area contributed by atoms with Crippen molar-refractivity contribution >= 4 is 17.6 Å². The monoisotopic (exact) mass is 290 g/mol. The number of carbonyl (C=O) groups is 2. The molecule has 1 amide bonds. The van der Waals surface area contributed by atoms with Gasteiger partial charge in [-0.25, -0.2) is 9.18 Å². The smallest absolute Gasteiger partial charge is 0.334 e. The van der Waals surface area contributed by atoms with E-state index in [0.717, 1.165) is 0 Å². The van der Waals surface area contributed by atoms with Gasteiger partial charge in [0.1, 0.15) is 5.82 Å². The molecule has 0 saturated carbocycles. The Bertz CT molecular complexity index is 577. The number of nitro groups is 1. The van der Waals surface area contributed by atoms with Crippen LogP contribution in [0.15, 0.2) is 12.1 Å². The van der Waals surface area contributed by atoms with Gasteiger partial charge in [-0.3, -0.25) is 14.9 Å². The van der Waals surface area contributed by atoms with E-state index in [9.17, 15) is 28.5 Å².